The molecule has 2 nitrogen and oxygen atoms in total. The number of aliphatic imine (C=N–C) groups is 1. The summed E-state index contributed by atoms with van der Waals surface area (Å²) < 4.78 is 0. The van der Waals surface area contributed by atoms with E-state index in [4.69, 9.17) is 0 Å². The Labute approximate surface area is 102 Å². The van der Waals surface area contributed by atoms with Gasteiger partial charge in [-0.15, -0.1) is 0 Å². The van der Waals surface area contributed by atoms with E-state index in [0.29, 0.717) is 11.3 Å². The van der Waals surface area contributed by atoms with Crippen molar-refractivity contribution < 1.29 is 0 Å². The lowest BCUT2D eigenvalue weighted by Crippen LogP contribution is -2.22. The molecule has 1 aromatic rings. The molecule has 1 heterocycles. The number of nitrogens with one attached hydrogen (secondary N) is 1. The number of amidine groups is 1. The van der Waals surface area contributed by atoms with Gasteiger partial charge in [-0.3, -0.25) is 4.99 Å². The molecular weight excluding hydrogens is 216 g/mol. The summed E-state index contributed by atoms with van der Waals surface area (Å²) in [6, 6.07) is 8.83. The molecule has 1 N–H and O–H groups in total. The van der Waals surface area contributed by atoms with E-state index < -0.39 is 0 Å². The van der Waals surface area contributed by atoms with E-state index in [0.717, 1.165) is 10.9 Å². The van der Waals surface area contributed by atoms with E-state index in [1.807, 2.05) is 11.8 Å². The summed E-state index contributed by atoms with van der Waals surface area (Å²) >= 11 is 1.83. The van der Waals surface area contributed by atoms with Crippen LogP contribution in [0.15, 0.2) is 29.3 Å². The van der Waals surface area contributed by atoms with E-state index in [1.165, 1.54) is 12.0 Å². The Morgan fingerprint density at radius 2 is 2.19 bits per heavy atom. The monoisotopic (exact) mass is 234 g/mol. The van der Waals surface area contributed by atoms with E-state index in [9.17, 15) is 0 Å². The molecule has 0 aliphatic carbocycles. The number of hydrogen-bond acceptors (Lipinski definition) is 3. The minimum absolute atomic E-state index is 0.434. The van der Waals surface area contributed by atoms with Gasteiger partial charge in [0.25, 0.3) is 0 Å². The van der Waals surface area contributed by atoms with Gasteiger partial charge in [-0.25, -0.2) is 0 Å². The SMILES string of the molecule is Cc1cccc(NC2=NC(C)CC(C)S2)c1. The smallest absolute Gasteiger partial charge is 0.161 e. The van der Waals surface area contributed by atoms with Gasteiger partial charge in [0.2, 0.25) is 0 Å². The highest BCUT2D eigenvalue weighted by molar-refractivity contribution is 8.14. The molecule has 1 aliphatic rings. The highest BCUT2D eigenvalue weighted by Crippen LogP contribution is 2.26. The number of thioether (sulfide) groups is 1. The molecule has 2 rings (SSSR count). The average Bonchev–Trinajstić information content (AvgIpc) is 2.15. The lowest BCUT2D eigenvalue weighted by Gasteiger charge is -2.23. The van der Waals surface area contributed by atoms with Gasteiger partial charge in [-0.1, -0.05) is 30.8 Å². The van der Waals surface area contributed by atoms with Crippen LogP contribution < -0.4 is 5.32 Å². The Bertz CT molecular complexity index is 401. The largest absolute Gasteiger partial charge is 0.335 e. The Morgan fingerprint density at radius 3 is 2.88 bits per heavy atom. The van der Waals surface area contributed by atoms with Crippen LogP contribution in [0.1, 0.15) is 25.8 Å². The van der Waals surface area contributed by atoms with Crippen LogP contribution in [0.25, 0.3) is 0 Å². The van der Waals surface area contributed by atoms with Crippen LogP contribution in [0, 0.1) is 6.92 Å². The van der Waals surface area contributed by atoms with Crippen LogP contribution in [0.4, 0.5) is 5.69 Å². The molecule has 1 aliphatic heterocycles. The molecular formula is C13H18N2S. The van der Waals surface area contributed by atoms with Crippen LogP contribution in [0.5, 0.6) is 0 Å². The first kappa shape index (κ1) is 11.5. The molecule has 2 unspecified atom stereocenters. The van der Waals surface area contributed by atoms with Gasteiger partial charge in [0.05, 0.1) is 6.04 Å². The van der Waals surface area contributed by atoms with Crippen molar-refractivity contribution in [2.75, 3.05) is 5.32 Å². The number of anilines is 1. The number of rotatable bonds is 1. The molecule has 0 fully saturated rings. The van der Waals surface area contributed by atoms with Gasteiger partial charge in [0.1, 0.15) is 0 Å². The topological polar surface area (TPSA) is 24.4 Å². The zero-order chi connectivity index (χ0) is 11.5. The van der Waals surface area contributed by atoms with Gasteiger partial charge in [0.15, 0.2) is 5.17 Å². The van der Waals surface area contributed by atoms with Crippen LogP contribution in [-0.2, 0) is 0 Å². The lowest BCUT2D eigenvalue weighted by atomic mass is 10.2. The maximum atomic E-state index is 4.63. The Balaban J connectivity index is 2.10. The lowest BCUT2D eigenvalue weighted by molar-refractivity contribution is 0.661. The van der Waals surface area contributed by atoms with Crippen molar-refractivity contribution in [3.63, 3.8) is 0 Å². The van der Waals surface area contributed by atoms with Crippen LogP contribution >= 0.6 is 11.8 Å². The predicted molar refractivity (Wildman–Crippen MR) is 73.4 cm³/mol. The van der Waals surface area contributed by atoms with E-state index >= 15 is 0 Å². The molecule has 3 heteroatoms. The fourth-order valence-electron chi connectivity index (χ4n) is 1.91. The second kappa shape index (κ2) is 4.91. The van der Waals surface area contributed by atoms with Crippen molar-refractivity contribution in [2.24, 2.45) is 4.99 Å². The van der Waals surface area contributed by atoms with Gasteiger partial charge < -0.3 is 5.32 Å². The molecule has 0 saturated carbocycles. The molecule has 86 valence electrons. The summed E-state index contributed by atoms with van der Waals surface area (Å²) in [5, 5.41) is 5.10. The first-order valence-corrected chi connectivity index (χ1v) is 6.59. The van der Waals surface area contributed by atoms with Crippen LogP contribution in [0.3, 0.4) is 0 Å². The molecule has 0 amide bonds. The zero-order valence-electron chi connectivity index (χ0n) is 10.0. The number of benzene rings is 1. The Kier molecular flexibility index (Phi) is 3.54. The second-order valence-corrected chi connectivity index (χ2v) is 5.87. The maximum absolute atomic E-state index is 4.63. The molecule has 0 aromatic heterocycles. The zero-order valence-corrected chi connectivity index (χ0v) is 10.8. The molecule has 0 saturated heterocycles. The van der Waals surface area contributed by atoms with Gasteiger partial charge in [-0.2, -0.15) is 0 Å². The molecule has 2 atom stereocenters. The third-order valence-electron chi connectivity index (χ3n) is 2.59. The molecule has 0 spiro atoms. The van der Waals surface area contributed by atoms with Crippen molar-refractivity contribution in [1.29, 1.82) is 0 Å². The predicted octanol–water partition coefficient (Wildman–Crippen LogP) is 3.68. The standard InChI is InChI=1S/C13H18N2S/c1-9-5-4-6-12(7-9)15-13-14-10(2)8-11(3)16-13/h4-7,10-11H,8H2,1-3H3,(H,14,15). The fourth-order valence-corrected chi connectivity index (χ4v) is 3.08. The summed E-state index contributed by atoms with van der Waals surface area (Å²) in [6.07, 6.45) is 1.17. The second-order valence-electron chi connectivity index (χ2n) is 4.44. The Morgan fingerprint density at radius 1 is 1.38 bits per heavy atom. The molecule has 0 bridgehead atoms. The molecule has 16 heavy (non-hydrogen) atoms. The maximum Gasteiger partial charge on any atom is 0.161 e. The van der Waals surface area contributed by atoms with E-state index in [2.05, 4.69) is 55.3 Å². The van der Waals surface area contributed by atoms with Crippen molar-refractivity contribution in [2.45, 2.75) is 38.5 Å². The van der Waals surface area contributed by atoms with Crippen LogP contribution in [-0.4, -0.2) is 16.5 Å². The Hall–Kier alpha value is -0.960. The van der Waals surface area contributed by atoms with Gasteiger partial charge in [-0.05, 0) is 38.0 Å². The quantitative estimate of drug-likeness (QED) is 0.801. The first-order chi connectivity index (χ1) is 7.63. The minimum Gasteiger partial charge on any atom is -0.335 e. The van der Waals surface area contributed by atoms with E-state index in [-0.39, 0.29) is 0 Å². The fraction of sp³-hybridized carbons (Fsp3) is 0.462. The number of nitrogens with zero attached hydrogens (tertiary/aromatic N) is 1. The number of aryl methyl sites for hydroxylation is 1. The van der Waals surface area contributed by atoms with Gasteiger partial charge in [0, 0.05) is 10.9 Å². The summed E-state index contributed by atoms with van der Waals surface area (Å²) in [5.74, 6) is 0. The van der Waals surface area contributed by atoms with Crippen molar-refractivity contribution in [1.82, 2.24) is 0 Å². The third-order valence-corrected chi connectivity index (χ3v) is 3.62. The summed E-state index contributed by atoms with van der Waals surface area (Å²) in [5.41, 5.74) is 2.40. The summed E-state index contributed by atoms with van der Waals surface area (Å²) in [6.45, 7) is 6.54. The molecule has 0 radical (unpaired) electrons. The van der Waals surface area contributed by atoms with Gasteiger partial charge >= 0.3 is 0 Å². The molecule has 1 aromatic carbocycles. The number of hydrogen-bond donors (Lipinski definition) is 1. The van der Waals surface area contributed by atoms with E-state index in [1.54, 1.807) is 0 Å². The van der Waals surface area contributed by atoms with Crippen molar-refractivity contribution in [3.8, 4) is 0 Å². The van der Waals surface area contributed by atoms with Crippen molar-refractivity contribution in [3.05, 3.63) is 29.8 Å². The third kappa shape index (κ3) is 3.01. The summed E-state index contributed by atoms with van der Waals surface area (Å²) in [7, 11) is 0. The van der Waals surface area contributed by atoms with Crippen LogP contribution in [0.2, 0.25) is 0 Å². The normalized spacial score (nSPS) is 25.1. The minimum atomic E-state index is 0.434. The first-order valence-electron chi connectivity index (χ1n) is 5.71. The van der Waals surface area contributed by atoms with Crippen molar-refractivity contribution >= 4 is 22.6 Å². The highest BCUT2D eigenvalue weighted by Gasteiger charge is 2.18. The highest BCUT2D eigenvalue weighted by atomic mass is 32.2. The summed E-state index contributed by atoms with van der Waals surface area (Å²) in [4.78, 5) is 4.63. The average molecular weight is 234 g/mol.